The molecule has 0 fully saturated rings. The fraction of sp³-hybridized carbons (Fsp3) is 0.250. The van der Waals surface area contributed by atoms with E-state index in [9.17, 15) is 27.2 Å². The summed E-state index contributed by atoms with van der Waals surface area (Å²) in [4.78, 5) is 24.1. The van der Waals surface area contributed by atoms with Gasteiger partial charge in [0.15, 0.2) is 5.78 Å². The topological polar surface area (TPSA) is 108 Å². The van der Waals surface area contributed by atoms with Gasteiger partial charge in [0.05, 0.1) is 29.3 Å². The molecule has 0 aliphatic heterocycles. The summed E-state index contributed by atoms with van der Waals surface area (Å²) >= 11 is 0. The highest BCUT2D eigenvalue weighted by atomic mass is 19.4. The first-order chi connectivity index (χ1) is 13.9. The number of nitrogens with two attached hydrogens (primary N) is 1. The minimum atomic E-state index is -4.76. The number of ketones is 1. The fourth-order valence-corrected chi connectivity index (χ4v) is 2.59. The molecule has 0 bridgehead atoms. The number of carbonyl (C=O) groups is 2. The first kappa shape index (κ1) is 22.8. The van der Waals surface area contributed by atoms with Crippen molar-refractivity contribution in [2.24, 2.45) is 5.73 Å². The Bertz CT molecular complexity index is 1030. The zero-order valence-electron chi connectivity index (χ0n) is 16.0. The molecule has 0 spiro atoms. The molecule has 4 N–H and O–H groups in total. The Hall–Kier alpha value is -3.45. The van der Waals surface area contributed by atoms with Crippen LogP contribution in [0.5, 0.6) is 0 Å². The smallest absolute Gasteiger partial charge is 0.372 e. The lowest BCUT2D eigenvalue weighted by atomic mass is 10.0. The number of anilines is 2. The van der Waals surface area contributed by atoms with Crippen molar-refractivity contribution in [1.29, 1.82) is 5.26 Å². The molecule has 2 aromatic carbocycles. The first-order valence-electron chi connectivity index (χ1n) is 8.63. The predicted octanol–water partition coefficient (Wildman–Crippen LogP) is 3.69. The third-order valence-electron chi connectivity index (χ3n) is 4.18. The van der Waals surface area contributed by atoms with Gasteiger partial charge in [0.2, 0.25) is 5.91 Å². The standard InChI is InChI=1S/C20H18F4N4O2/c1-19(2,28-13-5-6-14(16(21)8-13)17(29)10-26)18(30)27-12-4-3-11(9-25)15(7-12)20(22,23)24/h3-8,28H,10,26H2,1-2H3,(H,27,30). The third kappa shape index (κ3) is 5.12. The summed E-state index contributed by atoms with van der Waals surface area (Å²) in [7, 11) is 0. The van der Waals surface area contributed by atoms with E-state index in [2.05, 4.69) is 10.6 Å². The second kappa shape index (κ2) is 8.51. The molecule has 0 aromatic heterocycles. The van der Waals surface area contributed by atoms with Gasteiger partial charge in [-0.1, -0.05) is 0 Å². The molecule has 0 heterocycles. The van der Waals surface area contributed by atoms with Gasteiger partial charge in [0, 0.05) is 11.4 Å². The average Bonchev–Trinajstić information content (AvgIpc) is 2.66. The van der Waals surface area contributed by atoms with Crippen LogP contribution in [0.4, 0.5) is 28.9 Å². The number of rotatable bonds is 6. The van der Waals surface area contributed by atoms with Crippen LogP contribution in [-0.2, 0) is 11.0 Å². The van der Waals surface area contributed by atoms with Crippen molar-refractivity contribution < 1.29 is 27.2 Å². The van der Waals surface area contributed by atoms with Crippen LogP contribution in [0.15, 0.2) is 36.4 Å². The Labute approximate surface area is 169 Å². The number of benzene rings is 2. The van der Waals surface area contributed by atoms with Crippen molar-refractivity contribution in [3.05, 3.63) is 58.9 Å². The van der Waals surface area contributed by atoms with Gasteiger partial charge in [-0.05, 0) is 50.2 Å². The minimum Gasteiger partial charge on any atom is -0.372 e. The molecule has 2 rings (SSSR count). The molecular formula is C20H18F4N4O2. The Balaban J connectivity index is 2.22. The molecule has 1 amide bonds. The second-order valence-electron chi connectivity index (χ2n) is 6.90. The van der Waals surface area contributed by atoms with Gasteiger partial charge in [-0.15, -0.1) is 0 Å². The summed E-state index contributed by atoms with van der Waals surface area (Å²) in [6.07, 6.45) is -4.76. The maximum Gasteiger partial charge on any atom is 0.417 e. The summed E-state index contributed by atoms with van der Waals surface area (Å²) in [6.45, 7) is 2.52. The van der Waals surface area contributed by atoms with Gasteiger partial charge in [-0.25, -0.2) is 4.39 Å². The van der Waals surface area contributed by atoms with Crippen molar-refractivity contribution in [3.8, 4) is 6.07 Å². The SMILES string of the molecule is CC(C)(Nc1ccc(C(=O)CN)c(F)c1)C(=O)Nc1ccc(C#N)c(C(F)(F)F)c1. The summed E-state index contributed by atoms with van der Waals surface area (Å²) in [5, 5.41) is 13.9. The lowest BCUT2D eigenvalue weighted by molar-refractivity contribution is -0.137. The summed E-state index contributed by atoms with van der Waals surface area (Å²) in [6, 6.07) is 7.87. The van der Waals surface area contributed by atoms with Gasteiger partial charge < -0.3 is 16.4 Å². The minimum absolute atomic E-state index is 0.156. The van der Waals surface area contributed by atoms with Crippen LogP contribution in [0.2, 0.25) is 0 Å². The molecule has 0 atom stereocenters. The van der Waals surface area contributed by atoms with E-state index in [-0.39, 0.29) is 23.5 Å². The first-order valence-corrected chi connectivity index (χ1v) is 8.63. The molecule has 158 valence electrons. The van der Waals surface area contributed by atoms with Crippen LogP contribution in [0.25, 0.3) is 0 Å². The summed E-state index contributed by atoms with van der Waals surface area (Å²) in [5.74, 6) is -2.12. The molecule has 0 saturated carbocycles. The zero-order valence-corrected chi connectivity index (χ0v) is 16.0. The zero-order chi connectivity index (χ0) is 22.7. The van der Waals surface area contributed by atoms with Crippen LogP contribution in [-0.4, -0.2) is 23.8 Å². The van der Waals surface area contributed by atoms with E-state index in [1.54, 1.807) is 0 Å². The lowest BCUT2D eigenvalue weighted by Crippen LogP contribution is -2.44. The van der Waals surface area contributed by atoms with Crippen molar-refractivity contribution >= 4 is 23.1 Å². The number of hydrogen-bond donors (Lipinski definition) is 3. The van der Waals surface area contributed by atoms with Gasteiger partial charge in [-0.2, -0.15) is 18.4 Å². The van der Waals surface area contributed by atoms with Crippen molar-refractivity contribution in [3.63, 3.8) is 0 Å². The summed E-state index contributed by atoms with van der Waals surface area (Å²) in [5.41, 5.74) is 1.94. The van der Waals surface area contributed by atoms with E-state index in [1.807, 2.05) is 0 Å². The van der Waals surface area contributed by atoms with Gasteiger partial charge in [-0.3, -0.25) is 9.59 Å². The van der Waals surface area contributed by atoms with Gasteiger partial charge >= 0.3 is 6.18 Å². The Kier molecular flexibility index (Phi) is 6.47. The number of nitrogens with one attached hydrogen (secondary N) is 2. The van der Waals surface area contributed by atoms with Gasteiger partial charge in [0.25, 0.3) is 0 Å². The van der Waals surface area contributed by atoms with Crippen molar-refractivity contribution in [2.45, 2.75) is 25.6 Å². The quantitative estimate of drug-likeness (QED) is 0.486. The normalized spacial score (nSPS) is 11.5. The van der Waals surface area contributed by atoms with Crippen LogP contribution in [0.3, 0.4) is 0 Å². The average molecular weight is 422 g/mol. The molecule has 30 heavy (non-hydrogen) atoms. The van der Waals surface area contributed by atoms with E-state index < -0.39 is 40.3 Å². The lowest BCUT2D eigenvalue weighted by Gasteiger charge is -2.26. The predicted molar refractivity (Wildman–Crippen MR) is 102 cm³/mol. The number of amides is 1. The molecule has 2 aromatic rings. The number of nitrogens with zero attached hydrogens (tertiary/aromatic N) is 1. The molecular weight excluding hydrogens is 404 g/mol. The molecule has 0 aliphatic rings. The number of hydrogen-bond acceptors (Lipinski definition) is 5. The van der Waals surface area contributed by atoms with Gasteiger partial charge in [0.1, 0.15) is 11.4 Å². The fourth-order valence-electron chi connectivity index (χ4n) is 2.59. The molecule has 10 heteroatoms. The molecule has 0 radical (unpaired) electrons. The van der Waals surface area contributed by atoms with E-state index >= 15 is 0 Å². The molecule has 6 nitrogen and oxygen atoms in total. The molecule has 0 aliphatic carbocycles. The number of Topliss-reactive ketones (excluding diaryl/α,β-unsaturated/α-hetero) is 1. The number of halogens is 4. The number of carbonyl (C=O) groups excluding carboxylic acids is 2. The monoisotopic (exact) mass is 422 g/mol. The molecule has 0 saturated heterocycles. The third-order valence-corrected chi connectivity index (χ3v) is 4.18. The Morgan fingerprint density at radius 1 is 1.10 bits per heavy atom. The Morgan fingerprint density at radius 3 is 2.27 bits per heavy atom. The maximum atomic E-state index is 14.1. The van der Waals surface area contributed by atoms with Crippen LogP contribution in [0.1, 0.15) is 35.3 Å². The highest BCUT2D eigenvalue weighted by Crippen LogP contribution is 2.33. The highest BCUT2D eigenvalue weighted by Gasteiger charge is 2.34. The Morgan fingerprint density at radius 2 is 1.73 bits per heavy atom. The summed E-state index contributed by atoms with van der Waals surface area (Å²) < 4.78 is 53.3. The van der Waals surface area contributed by atoms with E-state index in [0.29, 0.717) is 6.07 Å². The van der Waals surface area contributed by atoms with Crippen LogP contribution >= 0.6 is 0 Å². The van der Waals surface area contributed by atoms with E-state index in [0.717, 1.165) is 12.1 Å². The highest BCUT2D eigenvalue weighted by molar-refractivity contribution is 6.00. The molecule has 0 unspecified atom stereocenters. The van der Waals surface area contributed by atoms with E-state index in [4.69, 9.17) is 11.0 Å². The second-order valence-corrected chi connectivity index (χ2v) is 6.90. The number of alkyl halides is 3. The van der Waals surface area contributed by atoms with Crippen LogP contribution in [0, 0.1) is 17.1 Å². The largest absolute Gasteiger partial charge is 0.417 e. The van der Waals surface area contributed by atoms with E-state index in [1.165, 1.54) is 38.1 Å². The number of nitriles is 1. The van der Waals surface area contributed by atoms with Crippen LogP contribution < -0.4 is 16.4 Å². The maximum absolute atomic E-state index is 14.1. The van der Waals surface area contributed by atoms with Crippen molar-refractivity contribution in [2.75, 3.05) is 17.2 Å². The van der Waals surface area contributed by atoms with Crippen molar-refractivity contribution in [1.82, 2.24) is 0 Å².